The molecule has 0 saturated carbocycles. The number of hydrogen-bond acceptors (Lipinski definition) is 4. The Morgan fingerprint density at radius 3 is 2.07 bits per heavy atom. The summed E-state index contributed by atoms with van der Waals surface area (Å²) in [7, 11) is 1.97. The Morgan fingerprint density at radius 2 is 1.42 bits per heavy atom. The largest absolute Gasteiger partial charge is 0.490 e. The molecular weight excluding hydrogens is 559 g/mol. The highest BCUT2D eigenvalue weighted by Gasteiger charge is 2.38. The first-order valence-corrected chi connectivity index (χ1v) is 13.2. The normalized spacial score (nSPS) is 11.3. The van der Waals surface area contributed by atoms with Crippen molar-refractivity contribution in [3.05, 3.63) is 120 Å². The molecule has 2 aromatic heterocycles. The number of carbonyl (C=O) groups excluding carboxylic acids is 1. The molecule has 8 nitrogen and oxygen atoms in total. The van der Waals surface area contributed by atoms with Gasteiger partial charge in [-0.05, 0) is 42.0 Å². The quantitative estimate of drug-likeness (QED) is 0.242. The first kappa shape index (κ1) is 29.1. The molecular formula is C32H26F3N5O3. The van der Waals surface area contributed by atoms with Crippen molar-refractivity contribution in [2.75, 3.05) is 0 Å². The highest BCUT2D eigenvalue weighted by molar-refractivity contribution is 5.95. The van der Waals surface area contributed by atoms with Crippen LogP contribution in [0.1, 0.15) is 21.7 Å². The van der Waals surface area contributed by atoms with Crippen molar-refractivity contribution in [1.29, 1.82) is 0 Å². The van der Waals surface area contributed by atoms with Crippen molar-refractivity contribution >= 4 is 33.9 Å². The number of aliphatic carboxylic acids is 1. The highest BCUT2D eigenvalue weighted by Crippen LogP contribution is 2.27. The summed E-state index contributed by atoms with van der Waals surface area (Å²) in [6, 6.07) is 34.1. The molecule has 0 fully saturated rings. The molecule has 11 heteroatoms. The Morgan fingerprint density at radius 1 is 0.814 bits per heavy atom. The lowest BCUT2D eigenvalue weighted by molar-refractivity contribution is -0.192. The van der Waals surface area contributed by atoms with E-state index < -0.39 is 12.1 Å². The van der Waals surface area contributed by atoms with E-state index in [4.69, 9.17) is 14.9 Å². The molecule has 0 aliphatic rings. The number of benzene rings is 4. The summed E-state index contributed by atoms with van der Waals surface area (Å²) in [6.45, 7) is 1.04. The van der Waals surface area contributed by atoms with Gasteiger partial charge in [-0.2, -0.15) is 13.2 Å². The molecule has 0 radical (unpaired) electrons. The lowest BCUT2D eigenvalue weighted by atomic mass is 10.1. The van der Waals surface area contributed by atoms with E-state index in [1.807, 2.05) is 96.5 Å². The number of alkyl halides is 3. The Balaban J connectivity index is 0.000000472. The number of carboxylic acid groups (broad SMARTS) is 1. The highest BCUT2D eigenvalue weighted by atomic mass is 19.4. The van der Waals surface area contributed by atoms with Crippen molar-refractivity contribution < 1.29 is 27.9 Å². The lowest BCUT2D eigenvalue weighted by Gasteiger charge is -2.11. The van der Waals surface area contributed by atoms with Crippen molar-refractivity contribution in [1.82, 2.24) is 24.4 Å². The van der Waals surface area contributed by atoms with Gasteiger partial charge in [-0.3, -0.25) is 4.79 Å². The average Bonchev–Trinajstić information content (AvgIpc) is 3.53. The van der Waals surface area contributed by atoms with E-state index in [0.29, 0.717) is 18.7 Å². The summed E-state index contributed by atoms with van der Waals surface area (Å²) in [5.41, 5.74) is 6.64. The summed E-state index contributed by atoms with van der Waals surface area (Å²) in [4.78, 5) is 31.6. The minimum atomic E-state index is -5.08. The van der Waals surface area contributed by atoms with Gasteiger partial charge in [-0.25, -0.2) is 14.8 Å². The van der Waals surface area contributed by atoms with E-state index in [9.17, 15) is 18.0 Å². The summed E-state index contributed by atoms with van der Waals surface area (Å²) in [5.74, 6) is -1.25. The van der Waals surface area contributed by atoms with E-state index in [-0.39, 0.29) is 5.91 Å². The third-order valence-corrected chi connectivity index (χ3v) is 6.75. The molecule has 0 saturated heterocycles. The molecule has 6 aromatic rings. The monoisotopic (exact) mass is 585 g/mol. The standard InChI is InChI=1S/C30H25N5O.C2HF3O2/c1-34-26-16-7-5-14-24(26)32-28(34)19-31-30(36)23-13-9-12-22(18-23)29-33-25-15-6-8-17-27(25)35(29)20-21-10-3-2-4-11-21;3-2(4,5)1(6)7/h2-18H,19-20H2,1H3,(H,31,36);(H,6,7). The predicted octanol–water partition coefficient (Wildman–Crippen LogP) is 6.20. The van der Waals surface area contributed by atoms with E-state index in [1.54, 1.807) is 0 Å². The zero-order chi connectivity index (χ0) is 30.6. The molecule has 4 aromatic carbocycles. The number of nitrogens with one attached hydrogen (secondary N) is 1. The zero-order valence-electron chi connectivity index (χ0n) is 22.9. The Kier molecular flexibility index (Phi) is 8.24. The fourth-order valence-corrected chi connectivity index (χ4v) is 4.64. The third-order valence-electron chi connectivity index (χ3n) is 6.75. The molecule has 218 valence electrons. The first-order chi connectivity index (χ1) is 20.6. The number of nitrogens with zero attached hydrogens (tertiary/aromatic N) is 4. The SMILES string of the molecule is Cn1c(CNC(=O)c2cccc(-c3nc4ccccc4n3Cc3ccccc3)c2)nc2ccccc21.O=C(O)C(F)(F)F. The minimum Gasteiger partial charge on any atom is -0.475 e. The van der Waals surface area contributed by atoms with Crippen LogP contribution in [0.2, 0.25) is 0 Å². The van der Waals surface area contributed by atoms with Gasteiger partial charge in [0.25, 0.3) is 5.91 Å². The maximum Gasteiger partial charge on any atom is 0.490 e. The summed E-state index contributed by atoms with van der Waals surface area (Å²) >= 11 is 0. The van der Waals surface area contributed by atoms with Gasteiger partial charge in [0.15, 0.2) is 0 Å². The van der Waals surface area contributed by atoms with Crippen LogP contribution in [0.15, 0.2) is 103 Å². The summed E-state index contributed by atoms with van der Waals surface area (Å²) in [6.07, 6.45) is -5.08. The van der Waals surface area contributed by atoms with E-state index in [0.717, 1.165) is 39.3 Å². The van der Waals surface area contributed by atoms with Crippen LogP contribution in [-0.2, 0) is 24.9 Å². The number of hydrogen-bond donors (Lipinski definition) is 2. The number of fused-ring (bicyclic) bond motifs is 2. The molecule has 43 heavy (non-hydrogen) atoms. The van der Waals surface area contributed by atoms with Crippen molar-refractivity contribution in [2.24, 2.45) is 7.05 Å². The Labute approximate surface area is 244 Å². The van der Waals surface area contributed by atoms with E-state index >= 15 is 0 Å². The summed E-state index contributed by atoms with van der Waals surface area (Å²) in [5, 5.41) is 10.2. The maximum atomic E-state index is 13.1. The van der Waals surface area contributed by atoms with Crippen LogP contribution in [-0.4, -0.2) is 42.3 Å². The Hall–Kier alpha value is -5.45. The van der Waals surface area contributed by atoms with Crippen molar-refractivity contribution in [2.45, 2.75) is 19.3 Å². The maximum absolute atomic E-state index is 13.1. The second kappa shape index (κ2) is 12.2. The number of halogens is 3. The molecule has 1 amide bonds. The number of carbonyl (C=O) groups is 2. The lowest BCUT2D eigenvalue weighted by Crippen LogP contribution is -2.24. The fourth-order valence-electron chi connectivity index (χ4n) is 4.64. The van der Waals surface area contributed by atoms with Gasteiger partial charge in [-0.15, -0.1) is 0 Å². The van der Waals surface area contributed by atoms with Crippen LogP contribution in [0.5, 0.6) is 0 Å². The zero-order valence-corrected chi connectivity index (χ0v) is 22.9. The smallest absolute Gasteiger partial charge is 0.475 e. The van der Waals surface area contributed by atoms with Gasteiger partial charge in [0.1, 0.15) is 11.6 Å². The van der Waals surface area contributed by atoms with Gasteiger partial charge in [-0.1, -0.05) is 66.7 Å². The molecule has 0 bridgehead atoms. The number of aromatic nitrogens is 4. The minimum absolute atomic E-state index is 0.144. The van der Waals surface area contributed by atoms with Gasteiger partial charge < -0.3 is 19.6 Å². The van der Waals surface area contributed by atoms with Crippen LogP contribution in [0.25, 0.3) is 33.5 Å². The number of imidazole rings is 2. The van der Waals surface area contributed by atoms with E-state index in [1.165, 1.54) is 5.56 Å². The van der Waals surface area contributed by atoms with Gasteiger partial charge in [0, 0.05) is 24.7 Å². The number of aryl methyl sites for hydroxylation is 1. The molecule has 0 aliphatic carbocycles. The first-order valence-electron chi connectivity index (χ1n) is 13.2. The van der Waals surface area contributed by atoms with Crippen molar-refractivity contribution in [3.8, 4) is 11.4 Å². The Bertz CT molecular complexity index is 1910. The second-order valence-corrected chi connectivity index (χ2v) is 9.64. The number of amides is 1. The number of carboxylic acids is 1. The van der Waals surface area contributed by atoms with Crippen molar-refractivity contribution in [3.63, 3.8) is 0 Å². The third kappa shape index (κ3) is 6.56. The van der Waals surface area contributed by atoms with Gasteiger partial charge >= 0.3 is 12.1 Å². The van der Waals surface area contributed by atoms with Crippen LogP contribution >= 0.6 is 0 Å². The molecule has 0 spiro atoms. The van der Waals surface area contributed by atoms with Crippen LogP contribution < -0.4 is 5.32 Å². The molecule has 2 heterocycles. The predicted molar refractivity (Wildman–Crippen MR) is 156 cm³/mol. The van der Waals surface area contributed by atoms with Gasteiger partial charge in [0.05, 0.1) is 28.6 Å². The second-order valence-electron chi connectivity index (χ2n) is 9.64. The van der Waals surface area contributed by atoms with Crippen LogP contribution in [0, 0.1) is 0 Å². The average molecular weight is 586 g/mol. The molecule has 0 unspecified atom stereocenters. The summed E-state index contributed by atoms with van der Waals surface area (Å²) < 4.78 is 36.0. The van der Waals surface area contributed by atoms with Gasteiger partial charge in [0.2, 0.25) is 0 Å². The molecule has 0 aliphatic heterocycles. The molecule has 0 atom stereocenters. The van der Waals surface area contributed by atoms with Crippen LogP contribution in [0.3, 0.4) is 0 Å². The topological polar surface area (TPSA) is 102 Å². The number of rotatable bonds is 6. The van der Waals surface area contributed by atoms with Crippen LogP contribution in [0.4, 0.5) is 13.2 Å². The molecule has 6 rings (SSSR count). The number of para-hydroxylation sites is 4. The molecule has 2 N–H and O–H groups in total. The fraction of sp³-hybridized carbons (Fsp3) is 0.125. The van der Waals surface area contributed by atoms with E-state index in [2.05, 4.69) is 33.1 Å².